The van der Waals surface area contributed by atoms with Crippen molar-refractivity contribution in [2.75, 3.05) is 30.7 Å². The molecule has 0 bridgehead atoms. The van der Waals surface area contributed by atoms with Crippen LogP contribution in [0.4, 0.5) is 11.4 Å². The Morgan fingerprint density at radius 3 is 2.27 bits per heavy atom. The molecule has 9 nitrogen and oxygen atoms in total. The number of aromatic nitrogens is 2. The number of benzene rings is 2. The van der Waals surface area contributed by atoms with Crippen molar-refractivity contribution in [2.24, 2.45) is 0 Å². The second-order valence-corrected chi connectivity index (χ2v) is 11.1. The van der Waals surface area contributed by atoms with Gasteiger partial charge >= 0.3 is 5.69 Å². The summed E-state index contributed by atoms with van der Waals surface area (Å²) in [5.41, 5.74) is 8.46. The van der Waals surface area contributed by atoms with Gasteiger partial charge in [-0.1, -0.05) is 0 Å². The van der Waals surface area contributed by atoms with Crippen molar-refractivity contribution in [3.05, 3.63) is 55.3 Å². The number of Topliss-reactive ketones (excluding diaryl/α,β-unsaturated/α-hetero) is 1. The lowest BCUT2D eigenvalue weighted by Gasteiger charge is -2.32. The number of piperidine rings is 1. The summed E-state index contributed by atoms with van der Waals surface area (Å²) in [5, 5.41) is 2.71. The van der Waals surface area contributed by atoms with E-state index in [0.717, 1.165) is 38.9 Å². The van der Waals surface area contributed by atoms with Crippen molar-refractivity contribution < 1.29 is 14.4 Å². The van der Waals surface area contributed by atoms with E-state index in [1.165, 1.54) is 18.4 Å². The highest BCUT2D eigenvalue weighted by Gasteiger charge is 2.26. The Kier molecular flexibility index (Phi) is 8.35. The number of amides is 1. The largest absolute Gasteiger partial charge is 0.397 e. The minimum absolute atomic E-state index is 0.0374. The molecule has 0 radical (unpaired) electrons. The number of nitrogens with one attached hydrogen (secondary N) is 1. The Balaban J connectivity index is 1.40. The highest BCUT2D eigenvalue weighted by atomic mass is 79.9. The van der Waals surface area contributed by atoms with Gasteiger partial charge in [-0.15, -0.1) is 0 Å². The normalized spacial score (nSPS) is 14.7. The summed E-state index contributed by atoms with van der Waals surface area (Å²) in [5.74, 6) is -0.520. The zero-order valence-corrected chi connectivity index (χ0v) is 23.9. The molecule has 0 spiro atoms. The first-order chi connectivity index (χ1) is 17.6. The van der Waals surface area contributed by atoms with E-state index in [2.05, 4.69) is 42.1 Å². The average Bonchev–Trinajstić information content (AvgIpc) is 3.13. The first-order valence-corrected chi connectivity index (χ1v) is 13.7. The third kappa shape index (κ3) is 5.89. The monoisotopic (exact) mass is 633 g/mol. The van der Waals surface area contributed by atoms with Crippen LogP contribution < -0.4 is 16.7 Å². The minimum Gasteiger partial charge on any atom is -0.397 e. The molecule has 1 amide bonds. The topological polar surface area (TPSA) is 119 Å². The van der Waals surface area contributed by atoms with Gasteiger partial charge in [-0.05, 0) is 88.0 Å². The highest BCUT2D eigenvalue weighted by molar-refractivity contribution is 9.11. The molecule has 1 aliphatic heterocycles. The maximum atomic E-state index is 13.2. The molecule has 2 aromatic carbocycles. The maximum absolute atomic E-state index is 13.2. The van der Waals surface area contributed by atoms with Gasteiger partial charge in [0, 0.05) is 59.6 Å². The van der Waals surface area contributed by atoms with Crippen LogP contribution in [0.3, 0.4) is 0 Å². The highest BCUT2D eigenvalue weighted by Crippen LogP contribution is 2.31. The molecule has 11 heteroatoms. The van der Waals surface area contributed by atoms with Crippen LogP contribution in [0.15, 0.2) is 44.1 Å². The first kappa shape index (κ1) is 27.3. The second kappa shape index (κ2) is 11.3. The SMILES string of the molecule is CC(=O)Nc1ccc2c(c1)n(C(C)=O)c(=O)n2C1CCN(CCCC(=O)c2cc(Br)c(N)c(Br)c2)CC1. The fourth-order valence-electron chi connectivity index (χ4n) is 4.91. The first-order valence-electron chi connectivity index (χ1n) is 12.1. The molecule has 3 N–H and O–H groups in total. The number of hydrogen-bond donors (Lipinski definition) is 2. The number of hydrogen-bond acceptors (Lipinski definition) is 6. The van der Waals surface area contributed by atoms with Crippen molar-refractivity contribution in [3.8, 4) is 0 Å². The van der Waals surface area contributed by atoms with Crippen LogP contribution in [-0.4, -0.2) is 51.3 Å². The fraction of sp³-hybridized carbons (Fsp3) is 0.385. The number of likely N-dealkylation sites (tertiary alicyclic amines) is 1. The third-order valence-corrected chi connectivity index (χ3v) is 8.02. The van der Waals surface area contributed by atoms with E-state index in [1.807, 2.05) is 0 Å². The molecular weight excluding hydrogens is 606 g/mol. The molecule has 196 valence electrons. The fourth-order valence-corrected chi connectivity index (χ4v) is 6.10. The van der Waals surface area contributed by atoms with E-state index in [4.69, 9.17) is 5.73 Å². The number of fused-ring (bicyclic) bond motifs is 1. The van der Waals surface area contributed by atoms with Gasteiger partial charge in [0.2, 0.25) is 11.8 Å². The standard InChI is InChI=1S/C26H29Br2N5O4/c1-15(34)30-18-5-6-22-23(14-18)32(16(2)35)26(37)33(22)19-7-10-31(11-8-19)9-3-4-24(36)17-12-20(27)25(29)21(28)13-17/h5-6,12-14,19H,3-4,7-11,29H2,1-2H3,(H,30,34). The van der Waals surface area contributed by atoms with Gasteiger partial charge in [-0.2, -0.15) is 0 Å². The van der Waals surface area contributed by atoms with Gasteiger partial charge in [0.25, 0.3) is 0 Å². The zero-order chi connectivity index (χ0) is 26.9. The molecule has 1 fully saturated rings. The third-order valence-electron chi connectivity index (χ3n) is 6.71. The lowest BCUT2D eigenvalue weighted by molar-refractivity contribution is -0.114. The molecule has 1 aromatic heterocycles. The molecule has 0 saturated carbocycles. The molecule has 2 heterocycles. The number of imidazole rings is 1. The van der Waals surface area contributed by atoms with Gasteiger partial charge in [-0.3, -0.25) is 19.0 Å². The van der Waals surface area contributed by atoms with Crippen LogP contribution >= 0.6 is 31.9 Å². The number of carbonyl (C=O) groups excluding carboxylic acids is 3. The number of nitrogens with zero attached hydrogens (tertiary/aromatic N) is 3. The zero-order valence-electron chi connectivity index (χ0n) is 20.7. The maximum Gasteiger partial charge on any atom is 0.336 e. The van der Waals surface area contributed by atoms with Crippen LogP contribution in [-0.2, 0) is 4.79 Å². The molecule has 0 unspecified atom stereocenters. The molecular formula is C26H29Br2N5O4. The average molecular weight is 635 g/mol. The predicted octanol–water partition coefficient (Wildman–Crippen LogP) is 4.83. The molecule has 3 aromatic rings. The Labute approximate surface area is 231 Å². The summed E-state index contributed by atoms with van der Waals surface area (Å²) in [6, 6.07) is 8.66. The Morgan fingerprint density at radius 1 is 1.03 bits per heavy atom. The summed E-state index contributed by atoms with van der Waals surface area (Å²) >= 11 is 6.77. The van der Waals surface area contributed by atoms with E-state index in [9.17, 15) is 19.2 Å². The smallest absolute Gasteiger partial charge is 0.336 e. The van der Waals surface area contributed by atoms with Crippen LogP contribution in [0.2, 0.25) is 0 Å². The number of ketones is 1. The summed E-state index contributed by atoms with van der Waals surface area (Å²) in [4.78, 5) is 52.0. The van der Waals surface area contributed by atoms with Gasteiger partial charge < -0.3 is 16.0 Å². The number of nitrogens with two attached hydrogens (primary N) is 1. The lowest BCUT2D eigenvalue weighted by atomic mass is 10.0. The molecule has 37 heavy (non-hydrogen) atoms. The van der Waals surface area contributed by atoms with Gasteiger partial charge in [0.15, 0.2) is 5.78 Å². The van der Waals surface area contributed by atoms with Crippen LogP contribution in [0.1, 0.15) is 60.7 Å². The number of rotatable bonds is 7. The summed E-state index contributed by atoms with van der Waals surface area (Å²) in [7, 11) is 0. The Bertz CT molecular complexity index is 1410. The van der Waals surface area contributed by atoms with E-state index >= 15 is 0 Å². The number of carbonyl (C=O) groups is 3. The molecule has 4 rings (SSSR count). The minimum atomic E-state index is -0.365. The van der Waals surface area contributed by atoms with E-state index < -0.39 is 0 Å². The summed E-state index contributed by atoms with van der Waals surface area (Å²) in [6.45, 7) is 5.15. The quantitative estimate of drug-likeness (QED) is 0.284. The van der Waals surface area contributed by atoms with E-state index in [1.54, 1.807) is 34.9 Å². The van der Waals surface area contributed by atoms with Crippen molar-refractivity contribution >= 4 is 71.9 Å². The van der Waals surface area contributed by atoms with Crippen molar-refractivity contribution in [3.63, 3.8) is 0 Å². The molecule has 1 saturated heterocycles. The van der Waals surface area contributed by atoms with Crippen molar-refractivity contribution in [1.29, 1.82) is 0 Å². The van der Waals surface area contributed by atoms with Crippen LogP contribution in [0, 0.1) is 0 Å². The Hall–Kier alpha value is -2.76. The van der Waals surface area contributed by atoms with E-state index in [0.29, 0.717) is 43.3 Å². The Morgan fingerprint density at radius 2 is 1.68 bits per heavy atom. The van der Waals surface area contributed by atoms with Gasteiger partial charge in [0.1, 0.15) is 0 Å². The number of anilines is 2. The molecule has 1 aliphatic rings. The molecule has 0 aliphatic carbocycles. The second-order valence-electron chi connectivity index (χ2n) is 9.34. The van der Waals surface area contributed by atoms with Crippen molar-refractivity contribution in [1.82, 2.24) is 14.0 Å². The van der Waals surface area contributed by atoms with Crippen LogP contribution in [0.25, 0.3) is 11.0 Å². The summed E-state index contributed by atoms with van der Waals surface area (Å²) in [6.07, 6.45) is 2.69. The lowest BCUT2D eigenvalue weighted by Crippen LogP contribution is -2.38. The van der Waals surface area contributed by atoms with Crippen molar-refractivity contribution in [2.45, 2.75) is 45.6 Å². The van der Waals surface area contributed by atoms with E-state index in [-0.39, 0.29) is 29.3 Å². The molecule has 0 atom stereocenters. The number of halogens is 2. The number of nitrogen functional groups attached to an aromatic ring is 1. The summed E-state index contributed by atoms with van der Waals surface area (Å²) < 4.78 is 4.28. The van der Waals surface area contributed by atoms with Gasteiger partial charge in [0.05, 0.1) is 16.7 Å². The van der Waals surface area contributed by atoms with Gasteiger partial charge in [-0.25, -0.2) is 9.36 Å². The predicted molar refractivity (Wildman–Crippen MR) is 151 cm³/mol. The van der Waals surface area contributed by atoms with Crippen LogP contribution in [0.5, 0.6) is 0 Å².